The van der Waals surface area contributed by atoms with Crippen molar-refractivity contribution in [2.24, 2.45) is 0 Å². The summed E-state index contributed by atoms with van der Waals surface area (Å²) in [5, 5.41) is 9.31. The number of nitrogens with zero attached hydrogens (tertiary/aromatic N) is 1. The lowest BCUT2D eigenvalue weighted by atomic mass is 9.72. The van der Waals surface area contributed by atoms with Crippen molar-refractivity contribution in [1.82, 2.24) is 4.90 Å². The molecule has 1 spiro atoms. The highest BCUT2D eigenvalue weighted by Crippen LogP contribution is 2.53. The van der Waals surface area contributed by atoms with E-state index in [4.69, 9.17) is 4.74 Å². The van der Waals surface area contributed by atoms with Gasteiger partial charge in [0.05, 0.1) is 6.42 Å². The molecule has 0 bridgehead atoms. The van der Waals surface area contributed by atoms with Crippen molar-refractivity contribution in [3.63, 3.8) is 0 Å². The summed E-state index contributed by atoms with van der Waals surface area (Å²) in [7, 11) is 0. The molecule has 1 saturated heterocycles. The zero-order valence-corrected chi connectivity index (χ0v) is 16.2. The predicted molar refractivity (Wildman–Crippen MR) is 99.5 cm³/mol. The van der Waals surface area contributed by atoms with Crippen molar-refractivity contribution >= 4 is 12.1 Å². The second-order valence-corrected chi connectivity index (χ2v) is 8.79. The van der Waals surface area contributed by atoms with Gasteiger partial charge in [-0.15, -0.1) is 0 Å². The molecule has 1 aliphatic heterocycles. The van der Waals surface area contributed by atoms with Crippen LogP contribution in [0.4, 0.5) is 4.79 Å². The number of aliphatic carboxylic acids is 1. The number of hydrogen-bond donors (Lipinski definition) is 1. The highest BCUT2D eigenvalue weighted by Gasteiger charge is 2.47. The van der Waals surface area contributed by atoms with Crippen molar-refractivity contribution in [3.05, 3.63) is 34.9 Å². The maximum Gasteiger partial charge on any atom is 0.410 e. The summed E-state index contributed by atoms with van der Waals surface area (Å²) >= 11 is 0. The van der Waals surface area contributed by atoms with E-state index < -0.39 is 11.6 Å². The average Bonchev–Trinajstić information content (AvgIpc) is 2.80. The quantitative estimate of drug-likeness (QED) is 0.858. The minimum absolute atomic E-state index is 0.0146. The Balaban J connectivity index is 1.80. The van der Waals surface area contributed by atoms with Crippen LogP contribution in [0.2, 0.25) is 0 Å². The van der Waals surface area contributed by atoms with Crippen molar-refractivity contribution in [2.45, 2.75) is 70.3 Å². The fraction of sp³-hybridized carbons (Fsp3) is 0.619. The molecular formula is C21H29NO4. The summed E-state index contributed by atoms with van der Waals surface area (Å²) < 4.78 is 5.50. The normalized spacial score (nSPS) is 21.5. The lowest BCUT2D eigenvalue weighted by Crippen LogP contribution is -2.46. The lowest BCUT2D eigenvalue weighted by Gasteiger charge is -2.41. The number of piperidine rings is 1. The zero-order valence-electron chi connectivity index (χ0n) is 16.2. The summed E-state index contributed by atoms with van der Waals surface area (Å²) in [5.74, 6) is -0.679. The standard InChI is InChI=1S/C21H29NO4/c1-14-6-5-7-16-15(12-17(23)24)13-21(18(14)16)8-10-22(11-9-21)19(25)26-20(2,3)4/h5-7,15H,8-13H2,1-4H3,(H,23,24). The van der Waals surface area contributed by atoms with E-state index in [-0.39, 0.29) is 23.8 Å². The molecule has 0 radical (unpaired) electrons. The van der Waals surface area contributed by atoms with Gasteiger partial charge in [0.15, 0.2) is 0 Å². The fourth-order valence-corrected chi connectivity index (χ4v) is 4.73. The number of likely N-dealkylation sites (tertiary alicyclic amines) is 1. The summed E-state index contributed by atoms with van der Waals surface area (Å²) in [6, 6.07) is 6.23. The van der Waals surface area contributed by atoms with Gasteiger partial charge in [-0.05, 0) is 75.0 Å². The van der Waals surface area contributed by atoms with Crippen LogP contribution in [0.3, 0.4) is 0 Å². The van der Waals surface area contributed by atoms with Gasteiger partial charge in [0, 0.05) is 13.1 Å². The van der Waals surface area contributed by atoms with Gasteiger partial charge in [-0.1, -0.05) is 18.2 Å². The lowest BCUT2D eigenvalue weighted by molar-refractivity contribution is -0.137. The van der Waals surface area contributed by atoms with Crippen LogP contribution in [0.25, 0.3) is 0 Å². The van der Waals surface area contributed by atoms with Crippen molar-refractivity contribution in [3.8, 4) is 0 Å². The van der Waals surface area contributed by atoms with E-state index >= 15 is 0 Å². The van der Waals surface area contributed by atoms with E-state index in [1.165, 1.54) is 16.7 Å². The number of carbonyl (C=O) groups is 2. The molecule has 1 unspecified atom stereocenters. The number of rotatable bonds is 2. The molecule has 0 aromatic heterocycles. The highest BCUT2D eigenvalue weighted by molar-refractivity contribution is 5.70. The number of hydrogen-bond acceptors (Lipinski definition) is 3. The number of amides is 1. The number of carbonyl (C=O) groups excluding carboxylic acids is 1. The van der Waals surface area contributed by atoms with Crippen LogP contribution < -0.4 is 0 Å². The van der Waals surface area contributed by atoms with Crippen molar-refractivity contribution in [1.29, 1.82) is 0 Å². The Morgan fingerprint density at radius 1 is 1.27 bits per heavy atom. The first kappa shape index (κ1) is 18.7. The van der Waals surface area contributed by atoms with E-state index in [1.54, 1.807) is 4.90 Å². The zero-order chi connectivity index (χ0) is 19.1. The number of aryl methyl sites for hydroxylation is 1. The summed E-state index contributed by atoms with van der Waals surface area (Å²) in [6.07, 6.45) is 2.51. The number of ether oxygens (including phenoxy) is 1. The molecule has 1 aliphatic carbocycles. The molecule has 1 atom stereocenters. The van der Waals surface area contributed by atoms with Crippen LogP contribution in [0, 0.1) is 6.92 Å². The molecule has 142 valence electrons. The van der Waals surface area contributed by atoms with E-state index in [1.807, 2.05) is 26.8 Å². The maximum atomic E-state index is 12.4. The summed E-state index contributed by atoms with van der Waals surface area (Å²) in [4.78, 5) is 25.5. The van der Waals surface area contributed by atoms with Gasteiger partial charge in [0.25, 0.3) is 0 Å². The first-order chi connectivity index (χ1) is 12.1. The largest absolute Gasteiger partial charge is 0.481 e. The van der Waals surface area contributed by atoms with Gasteiger partial charge in [-0.25, -0.2) is 4.79 Å². The van der Waals surface area contributed by atoms with E-state index in [0.717, 1.165) is 19.3 Å². The molecule has 1 heterocycles. The maximum absolute atomic E-state index is 12.4. The molecule has 5 heteroatoms. The molecule has 1 N–H and O–H groups in total. The summed E-state index contributed by atoms with van der Waals surface area (Å²) in [5.41, 5.74) is 3.25. The molecule has 0 saturated carbocycles. The Morgan fingerprint density at radius 3 is 2.50 bits per heavy atom. The molecule has 26 heavy (non-hydrogen) atoms. The first-order valence-electron chi connectivity index (χ1n) is 9.41. The number of benzene rings is 1. The minimum Gasteiger partial charge on any atom is -0.481 e. The Kier molecular flexibility index (Phi) is 4.76. The second-order valence-electron chi connectivity index (χ2n) is 8.79. The van der Waals surface area contributed by atoms with Crippen LogP contribution in [0.5, 0.6) is 0 Å². The first-order valence-corrected chi connectivity index (χ1v) is 9.41. The van der Waals surface area contributed by atoms with Gasteiger partial charge >= 0.3 is 12.1 Å². The Morgan fingerprint density at radius 2 is 1.92 bits per heavy atom. The third-order valence-corrected chi connectivity index (χ3v) is 5.71. The minimum atomic E-state index is -0.745. The number of carboxylic acids is 1. The monoisotopic (exact) mass is 359 g/mol. The van der Waals surface area contributed by atoms with Crippen LogP contribution in [0.15, 0.2) is 18.2 Å². The van der Waals surface area contributed by atoms with Gasteiger partial charge < -0.3 is 14.7 Å². The van der Waals surface area contributed by atoms with Crippen LogP contribution in [-0.4, -0.2) is 40.8 Å². The van der Waals surface area contributed by atoms with Crippen molar-refractivity contribution < 1.29 is 19.4 Å². The number of carboxylic acid groups (broad SMARTS) is 1. The van der Waals surface area contributed by atoms with Crippen LogP contribution in [-0.2, 0) is 14.9 Å². The molecule has 2 aliphatic rings. The molecule has 1 amide bonds. The predicted octanol–water partition coefficient (Wildman–Crippen LogP) is 4.23. The third kappa shape index (κ3) is 3.57. The molecule has 5 nitrogen and oxygen atoms in total. The molecule has 1 fully saturated rings. The van der Waals surface area contributed by atoms with Gasteiger partial charge in [0.2, 0.25) is 0 Å². The average molecular weight is 359 g/mol. The van der Waals surface area contributed by atoms with Crippen molar-refractivity contribution in [2.75, 3.05) is 13.1 Å². The molecular weight excluding hydrogens is 330 g/mol. The SMILES string of the molecule is Cc1cccc2c1C1(CCN(C(=O)OC(C)(C)C)CC1)CC2CC(=O)O. The second kappa shape index (κ2) is 6.60. The highest BCUT2D eigenvalue weighted by atomic mass is 16.6. The van der Waals surface area contributed by atoms with Gasteiger partial charge in [-0.2, -0.15) is 0 Å². The van der Waals surface area contributed by atoms with E-state index in [0.29, 0.717) is 13.1 Å². The van der Waals surface area contributed by atoms with E-state index in [2.05, 4.69) is 19.1 Å². The topological polar surface area (TPSA) is 66.8 Å². The van der Waals surface area contributed by atoms with Gasteiger partial charge in [0.1, 0.15) is 5.60 Å². The molecule has 3 rings (SSSR count). The Bertz CT molecular complexity index is 711. The Labute approximate surface area is 155 Å². The third-order valence-electron chi connectivity index (χ3n) is 5.71. The molecule has 1 aromatic rings. The molecule has 1 aromatic carbocycles. The fourth-order valence-electron chi connectivity index (χ4n) is 4.73. The van der Waals surface area contributed by atoms with Gasteiger partial charge in [-0.3, -0.25) is 4.79 Å². The smallest absolute Gasteiger partial charge is 0.410 e. The number of fused-ring (bicyclic) bond motifs is 2. The summed E-state index contributed by atoms with van der Waals surface area (Å²) in [6.45, 7) is 9.06. The Hall–Kier alpha value is -2.04. The van der Waals surface area contributed by atoms with E-state index in [9.17, 15) is 14.7 Å². The van der Waals surface area contributed by atoms with Crippen LogP contribution in [0.1, 0.15) is 69.1 Å². The van der Waals surface area contributed by atoms with Crippen LogP contribution >= 0.6 is 0 Å².